The Hall–Kier alpha value is -3.60. The summed E-state index contributed by atoms with van der Waals surface area (Å²) >= 11 is 0.830. The average Bonchev–Trinajstić information content (AvgIpc) is 3.09. The van der Waals surface area contributed by atoms with E-state index in [2.05, 4.69) is 15.4 Å². The predicted molar refractivity (Wildman–Crippen MR) is 118 cm³/mol. The van der Waals surface area contributed by atoms with Crippen LogP contribution in [0.1, 0.15) is 39.4 Å². The smallest absolute Gasteiger partial charge is 0.397 e. The second kappa shape index (κ2) is 11.1. The molecule has 11 heteroatoms. The van der Waals surface area contributed by atoms with Crippen LogP contribution in [0.25, 0.3) is 0 Å². The number of ether oxygens (including phenoxy) is 4. The van der Waals surface area contributed by atoms with Gasteiger partial charge in [-0.15, -0.1) is 11.3 Å². The van der Waals surface area contributed by atoms with Crippen LogP contribution in [0.4, 0.5) is 10.7 Å². The summed E-state index contributed by atoms with van der Waals surface area (Å²) in [4.78, 5) is 49.5. The molecule has 2 rings (SSSR count). The van der Waals surface area contributed by atoms with Crippen LogP contribution >= 0.6 is 11.3 Å². The topological polar surface area (TPSA) is 129 Å². The second-order valence-corrected chi connectivity index (χ2v) is 7.20. The summed E-state index contributed by atoms with van der Waals surface area (Å²) in [6, 6.07) is 4.88. The van der Waals surface area contributed by atoms with Crippen molar-refractivity contribution in [2.45, 2.75) is 20.8 Å². The third-order valence-electron chi connectivity index (χ3n) is 4.18. The van der Waals surface area contributed by atoms with Crippen molar-refractivity contribution in [3.63, 3.8) is 0 Å². The van der Waals surface area contributed by atoms with E-state index < -0.39 is 23.8 Å². The fraction of sp³-hybridized carbons (Fsp3) is 0.333. The first-order valence-electron chi connectivity index (χ1n) is 9.59. The standard InChI is InChI=1S/C21H24N2O8S/c1-6-30-20(26)15-11(3)16(32-19(15)23-18(25)21(27)31-7-2)17(24)22-13-10-12(28-4)8-9-14(13)29-5/h8-10H,6-7H2,1-5H3,(H,22,24)(H,23,25). The molecular formula is C21H24N2O8S. The molecule has 1 aromatic heterocycles. The Morgan fingerprint density at radius 3 is 2.25 bits per heavy atom. The van der Waals surface area contributed by atoms with Gasteiger partial charge in [-0.3, -0.25) is 9.59 Å². The summed E-state index contributed by atoms with van der Waals surface area (Å²) in [5, 5.41) is 5.05. The van der Waals surface area contributed by atoms with Gasteiger partial charge < -0.3 is 29.6 Å². The number of carbonyl (C=O) groups excluding carboxylic acids is 4. The normalized spacial score (nSPS) is 10.2. The molecule has 1 heterocycles. The van der Waals surface area contributed by atoms with Crippen molar-refractivity contribution in [1.82, 2.24) is 0 Å². The maximum absolute atomic E-state index is 13.0. The van der Waals surface area contributed by atoms with Gasteiger partial charge in [0, 0.05) is 6.07 Å². The molecule has 0 fully saturated rings. The Kier molecular flexibility index (Phi) is 8.59. The largest absolute Gasteiger partial charge is 0.497 e. The number of amides is 2. The number of hydrogen-bond acceptors (Lipinski definition) is 9. The maximum atomic E-state index is 13.0. The van der Waals surface area contributed by atoms with Gasteiger partial charge in [0.15, 0.2) is 0 Å². The lowest BCUT2D eigenvalue weighted by atomic mass is 10.1. The fourth-order valence-electron chi connectivity index (χ4n) is 2.71. The molecule has 10 nitrogen and oxygen atoms in total. The zero-order valence-electron chi connectivity index (χ0n) is 18.3. The molecule has 1 aromatic carbocycles. The summed E-state index contributed by atoms with van der Waals surface area (Å²) in [6.45, 7) is 4.82. The third kappa shape index (κ3) is 5.55. The number of rotatable bonds is 8. The van der Waals surface area contributed by atoms with E-state index in [4.69, 9.17) is 14.2 Å². The molecule has 0 atom stereocenters. The van der Waals surface area contributed by atoms with Crippen LogP contribution in [0.15, 0.2) is 18.2 Å². The summed E-state index contributed by atoms with van der Waals surface area (Å²) < 4.78 is 20.2. The summed E-state index contributed by atoms with van der Waals surface area (Å²) in [5.41, 5.74) is 0.615. The monoisotopic (exact) mass is 464 g/mol. The molecule has 0 aliphatic rings. The van der Waals surface area contributed by atoms with Gasteiger partial charge in [-0.1, -0.05) is 0 Å². The van der Waals surface area contributed by atoms with E-state index in [-0.39, 0.29) is 34.2 Å². The number of methoxy groups -OCH3 is 2. The molecule has 2 amide bonds. The highest BCUT2D eigenvalue weighted by Gasteiger charge is 2.28. The highest BCUT2D eigenvalue weighted by Crippen LogP contribution is 2.36. The van der Waals surface area contributed by atoms with E-state index in [1.807, 2.05) is 0 Å². The molecule has 0 aliphatic carbocycles. The second-order valence-electron chi connectivity index (χ2n) is 6.18. The van der Waals surface area contributed by atoms with Crippen molar-refractivity contribution in [3.8, 4) is 11.5 Å². The minimum absolute atomic E-state index is 0.00163. The number of benzene rings is 1. The molecule has 32 heavy (non-hydrogen) atoms. The molecule has 0 bridgehead atoms. The minimum Gasteiger partial charge on any atom is -0.497 e. The van der Waals surface area contributed by atoms with E-state index in [1.54, 1.807) is 39.0 Å². The zero-order valence-corrected chi connectivity index (χ0v) is 19.1. The number of carbonyl (C=O) groups is 4. The lowest BCUT2D eigenvalue weighted by Crippen LogP contribution is -2.25. The Morgan fingerprint density at radius 2 is 1.66 bits per heavy atom. The summed E-state index contributed by atoms with van der Waals surface area (Å²) in [5.74, 6) is -2.58. The first-order valence-corrected chi connectivity index (χ1v) is 10.4. The van der Waals surface area contributed by atoms with Crippen LogP contribution in [0.2, 0.25) is 0 Å². The lowest BCUT2D eigenvalue weighted by Gasteiger charge is -2.11. The number of esters is 2. The van der Waals surface area contributed by atoms with Crippen LogP contribution in [0.5, 0.6) is 11.5 Å². The molecule has 0 spiro atoms. The van der Waals surface area contributed by atoms with Crippen LogP contribution in [-0.4, -0.2) is 51.2 Å². The molecular weight excluding hydrogens is 440 g/mol. The first-order chi connectivity index (χ1) is 15.3. The average molecular weight is 464 g/mol. The Morgan fingerprint density at radius 1 is 0.969 bits per heavy atom. The molecule has 0 radical (unpaired) electrons. The molecule has 172 valence electrons. The summed E-state index contributed by atoms with van der Waals surface area (Å²) in [6.07, 6.45) is 0. The van der Waals surface area contributed by atoms with Crippen LogP contribution < -0.4 is 20.1 Å². The molecule has 0 saturated heterocycles. The first kappa shape index (κ1) is 24.7. The van der Waals surface area contributed by atoms with E-state index >= 15 is 0 Å². The Balaban J connectivity index is 2.43. The van der Waals surface area contributed by atoms with E-state index in [1.165, 1.54) is 14.2 Å². The summed E-state index contributed by atoms with van der Waals surface area (Å²) in [7, 11) is 2.94. The molecule has 2 aromatic rings. The Labute approximate surface area is 188 Å². The maximum Gasteiger partial charge on any atom is 0.397 e. The zero-order chi connectivity index (χ0) is 23.8. The Bertz CT molecular complexity index is 1030. The van der Waals surface area contributed by atoms with Crippen molar-refractivity contribution in [2.75, 3.05) is 38.1 Å². The van der Waals surface area contributed by atoms with Crippen molar-refractivity contribution < 1.29 is 38.1 Å². The van der Waals surface area contributed by atoms with E-state index in [0.29, 0.717) is 17.2 Å². The van der Waals surface area contributed by atoms with Gasteiger partial charge >= 0.3 is 17.8 Å². The molecule has 0 saturated carbocycles. The van der Waals surface area contributed by atoms with E-state index in [9.17, 15) is 19.2 Å². The third-order valence-corrected chi connectivity index (χ3v) is 5.38. The van der Waals surface area contributed by atoms with Gasteiger partial charge in [0.25, 0.3) is 5.91 Å². The molecule has 0 unspecified atom stereocenters. The molecule has 2 N–H and O–H groups in total. The van der Waals surface area contributed by atoms with Gasteiger partial charge in [-0.2, -0.15) is 0 Å². The SMILES string of the molecule is CCOC(=O)C(=O)Nc1sc(C(=O)Nc2cc(OC)ccc2OC)c(C)c1C(=O)OCC. The molecule has 0 aliphatic heterocycles. The highest BCUT2D eigenvalue weighted by molar-refractivity contribution is 7.19. The van der Waals surface area contributed by atoms with Gasteiger partial charge in [0.1, 0.15) is 16.5 Å². The number of hydrogen-bond donors (Lipinski definition) is 2. The van der Waals surface area contributed by atoms with Gasteiger partial charge in [0.2, 0.25) is 0 Å². The van der Waals surface area contributed by atoms with Crippen LogP contribution in [0.3, 0.4) is 0 Å². The minimum atomic E-state index is -1.11. The predicted octanol–water partition coefficient (Wildman–Crippen LogP) is 3.00. The van der Waals surface area contributed by atoms with Crippen molar-refractivity contribution >= 4 is 45.8 Å². The van der Waals surface area contributed by atoms with E-state index in [0.717, 1.165) is 11.3 Å². The number of thiophene rings is 1. The fourth-order valence-corrected chi connectivity index (χ4v) is 3.79. The highest BCUT2D eigenvalue weighted by atomic mass is 32.1. The number of nitrogens with one attached hydrogen (secondary N) is 2. The number of anilines is 2. The van der Waals surface area contributed by atoms with Crippen molar-refractivity contribution in [2.24, 2.45) is 0 Å². The van der Waals surface area contributed by atoms with Crippen molar-refractivity contribution in [3.05, 3.63) is 34.2 Å². The van der Waals surface area contributed by atoms with Crippen LogP contribution in [-0.2, 0) is 19.1 Å². The lowest BCUT2D eigenvalue weighted by molar-refractivity contribution is -0.152. The quantitative estimate of drug-likeness (QED) is 0.451. The van der Waals surface area contributed by atoms with Crippen LogP contribution in [0, 0.1) is 6.92 Å². The van der Waals surface area contributed by atoms with Gasteiger partial charge in [-0.05, 0) is 38.5 Å². The van der Waals surface area contributed by atoms with Gasteiger partial charge in [-0.25, -0.2) is 9.59 Å². The van der Waals surface area contributed by atoms with Crippen molar-refractivity contribution in [1.29, 1.82) is 0 Å². The van der Waals surface area contributed by atoms with Gasteiger partial charge in [0.05, 0.1) is 43.6 Å².